The topological polar surface area (TPSA) is 121 Å². The molecule has 1 aromatic carbocycles. The number of oxazole rings is 2. The third kappa shape index (κ3) is 3.58. The largest absolute Gasteiger partial charge is 0.438 e. The first-order valence-corrected chi connectivity index (χ1v) is 10.4. The Morgan fingerprint density at radius 1 is 1.30 bits per heavy atom. The number of aliphatic hydroxyl groups is 1. The highest BCUT2D eigenvalue weighted by molar-refractivity contribution is 5.93. The fourth-order valence-corrected chi connectivity index (χ4v) is 3.94. The van der Waals surface area contributed by atoms with Crippen molar-refractivity contribution in [2.24, 2.45) is 0 Å². The summed E-state index contributed by atoms with van der Waals surface area (Å²) in [6.07, 6.45) is -1.14. The Bertz CT molecular complexity index is 1350. The number of hydrogen-bond donors (Lipinski definition) is 2. The van der Waals surface area contributed by atoms with Gasteiger partial charge in [-0.25, -0.2) is 23.7 Å². The predicted molar refractivity (Wildman–Crippen MR) is 111 cm³/mol. The van der Waals surface area contributed by atoms with Crippen molar-refractivity contribution in [3.05, 3.63) is 64.7 Å². The number of benzene rings is 1. The van der Waals surface area contributed by atoms with E-state index in [0.717, 1.165) is 11.3 Å². The number of fused-ring (bicyclic) bond motifs is 2. The monoisotopic (exact) mass is 457 g/mol. The Morgan fingerprint density at radius 2 is 2.09 bits per heavy atom. The molecular formula is C22H21F2N5O4. The predicted octanol–water partition coefficient (Wildman–Crippen LogP) is 3.80. The lowest BCUT2D eigenvalue weighted by molar-refractivity contribution is 0.0436. The Hall–Kier alpha value is -3.60. The quantitative estimate of drug-likeness (QED) is 0.478. The lowest BCUT2D eigenvalue weighted by atomic mass is 10.0. The number of alkyl halides is 2. The van der Waals surface area contributed by atoms with Crippen LogP contribution in [0.5, 0.6) is 0 Å². The average Bonchev–Trinajstić information content (AvgIpc) is 3.48. The summed E-state index contributed by atoms with van der Waals surface area (Å²) < 4.78 is 38.8. The van der Waals surface area contributed by atoms with Crippen LogP contribution >= 0.6 is 0 Å². The molecule has 3 aromatic heterocycles. The van der Waals surface area contributed by atoms with E-state index in [-0.39, 0.29) is 18.3 Å². The molecule has 0 radical (unpaired) electrons. The van der Waals surface area contributed by atoms with E-state index < -0.39 is 35.4 Å². The smallest absolute Gasteiger partial charge is 0.292 e. The minimum Gasteiger partial charge on any atom is -0.438 e. The number of halogens is 2. The number of aryl methyl sites for hydroxylation is 1. The van der Waals surface area contributed by atoms with Crippen molar-refractivity contribution in [3.63, 3.8) is 0 Å². The van der Waals surface area contributed by atoms with Crippen molar-refractivity contribution < 1.29 is 27.5 Å². The summed E-state index contributed by atoms with van der Waals surface area (Å²) in [5.41, 5.74) is 0.973. The summed E-state index contributed by atoms with van der Waals surface area (Å²) in [5, 5.41) is 10.2. The van der Waals surface area contributed by atoms with Crippen LogP contribution in [0.15, 0.2) is 33.4 Å². The number of nitrogens with one attached hydrogen (secondary N) is 1. The zero-order valence-electron chi connectivity index (χ0n) is 18.1. The summed E-state index contributed by atoms with van der Waals surface area (Å²) in [5.74, 6) is -1.60. The van der Waals surface area contributed by atoms with Gasteiger partial charge in [-0.05, 0) is 38.5 Å². The lowest BCUT2D eigenvalue weighted by Crippen LogP contribution is -2.41. The molecule has 4 heterocycles. The third-order valence-corrected chi connectivity index (χ3v) is 5.56. The van der Waals surface area contributed by atoms with Gasteiger partial charge in [-0.1, -0.05) is 6.07 Å². The van der Waals surface area contributed by atoms with Crippen LogP contribution < -0.4 is 0 Å². The van der Waals surface area contributed by atoms with E-state index in [9.17, 15) is 18.7 Å². The Labute approximate surface area is 186 Å². The molecule has 0 aliphatic carbocycles. The summed E-state index contributed by atoms with van der Waals surface area (Å²) in [6.45, 7) is 4.77. The van der Waals surface area contributed by atoms with Gasteiger partial charge in [0, 0.05) is 18.7 Å². The van der Waals surface area contributed by atoms with E-state index in [1.54, 1.807) is 6.07 Å². The highest BCUT2D eigenvalue weighted by Crippen LogP contribution is 2.37. The minimum absolute atomic E-state index is 0.178. The van der Waals surface area contributed by atoms with Crippen LogP contribution in [0.4, 0.5) is 8.78 Å². The fourth-order valence-electron chi connectivity index (χ4n) is 3.94. The second-order valence-corrected chi connectivity index (χ2v) is 8.53. The van der Waals surface area contributed by atoms with Crippen LogP contribution in [0.3, 0.4) is 0 Å². The van der Waals surface area contributed by atoms with Gasteiger partial charge in [-0.3, -0.25) is 4.79 Å². The van der Waals surface area contributed by atoms with Crippen LogP contribution in [0, 0.1) is 6.92 Å². The number of rotatable bonds is 4. The molecular weight excluding hydrogens is 436 g/mol. The van der Waals surface area contributed by atoms with Crippen LogP contribution in [-0.4, -0.2) is 42.4 Å². The van der Waals surface area contributed by atoms with Crippen molar-refractivity contribution in [1.29, 1.82) is 0 Å². The molecule has 1 aliphatic heterocycles. The molecule has 4 aromatic rings. The molecule has 172 valence electrons. The molecule has 2 N–H and O–H groups in total. The number of aromatic nitrogens is 4. The van der Waals surface area contributed by atoms with Gasteiger partial charge in [0.1, 0.15) is 11.1 Å². The minimum atomic E-state index is -3.07. The molecule has 0 saturated carbocycles. The molecule has 5 rings (SSSR count). The van der Waals surface area contributed by atoms with Gasteiger partial charge in [0.15, 0.2) is 17.3 Å². The van der Waals surface area contributed by atoms with Crippen molar-refractivity contribution in [3.8, 4) is 0 Å². The molecule has 33 heavy (non-hydrogen) atoms. The van der Waals surface area contributed by atoms with E-state index in [2.05, 4.69) is 19.9 Å². The zero-order chi connectivity index (χ0) is 23.5. The lowest BCUT2D eigenvalue weighted by Gasteiger charge is -2.32. The zero-order valence-corrected chi connectivity index (χ0v) is 18.1. The summed E-state index contributed by atoms with van der Waals surface area (Å²) in [7, 11) is 0. The summed E-state index contributed by atoms with van der Waals surface area (Å²) >= 11 is 0. The molecule has 0 saturated heterocycles. The molecule has 0 unspecified atom stereocenters. The standard InChI is InChI=1S/C22H21F2N5O4/c1-10-4-5-13-12(8-10)27-19(32-13)16-14-11(25-9-26-14)6-7-29(16)20(30)17-15(18(23)24)28-21(33-17)22(2,3)31/h4-5,8-9,16,18,31H,6-7H2,1-3H3,(H,25,26)/t16-/m0/s1. The van der Waals surface area contributed by atoms with Crippen LogP contribution in [0.2, 0.25) is 0 Å². The SMILES string of the molecule is Cc1ccc2oc([C@@H]3c4nc[nH]c4CCN3C(=O)c3oc(C(C)(C)O)nc3C(F)F)nc2c1. The molecule has 0 spiro atoms. The molecule has 0 fully saturated rings. The van der Waals surface area contributed by atoms with Crippen LogP contribution in [0.1, 0.15) is 71.3 Å². The number of imidazole rings is 1. The first-order valence-electron chi connectivity index (χ1n) is 10.4. The number of carbonyl (C=O) groups excluding carboxylic acids is 1. The molecule has 11 heteroatoms. The number of H-pyrrole nitrogens is 1. The second-order valence-electron chi connectivity index (χ2n) is 8.53. The number of nitrogens with zero attached hydrogens (tertiary/aromatic N) is 4. The van der Waals surface area contributed by atoms with Gasteiger partial charge in [0.2, 0.25) is 17.5 Å². The average molecular weight is 457 g/mol. The van der Waals surface area contributed by atoms with Crippen molar-refractivity contribution >= 4 is 17.0 Å². The van der Waals surface area contributed by atoms with Crippen molar-refractivity contribution in [2.75, 3.05) is 6.54 Å². The molecule has 0 bridgehead atoms. The van der Waals surface area contributed by atoms with E-state index in [1.807, 2.05) is 19.1 Å². The maximum atomic E-state index is 13.7. The number of carbonyl (C=O) groups is 1. The normalized spacial score (nSPS) is 16.6. The van der Waals surface area contributed by atoms with E-state index in [4.69, 9.17) is 8.83 Å². The van der Waals surface area contributed by atoms with Crippen molar-refractivity contribution in [1.82, 2.24) is 24.8 Å². The molecule has 1 atom stereocenters. The van der Waals surface area contributed by atoms with E-state index in [0.29, 0.717) is 23.2 Å². The van der Waals surface area contributed by atoms with Crippen LogP contribution in [0.25, 0.3) is 11.1 Å². The second kappa shape index (κ2) is 7.48. The van der Waals surface area contributed by atoms with Crippen molar-refractivity contribution in [2.45, 2.75) is 45.3 Å². The maximum absolute atomic E-state index is 13.7. The van der Waals surface area contributed by atoms with Gasteiger partial charge in [-0.15, -0.1) is 0 Å². The highest BCUT2D eigenvalue weighted by Gasteiger charge is 2.41. The van der Waals surface area contributed by atoms with Gasteiger partial charge < -0.3 is 23.8 Å². The summed E-state index contributed by atoms with van der Waals surface area (Å²) in [6, 6.07) is 4.65. The number of amides is 1. The Balaban J connectivity index is 1.62. The van der Waals surface area contributed by atoms with Gasteiger partial charge in [-0.2, -0.15) is 0 Å². The molecule has 9 nitrogen and oxygen atoms in total. The number of aromatic amines is 1. The molecule has 1 aliphatic rings. The molecule has 1 amide bonds. The van der Waals surface area contributed by atoms with E-state index >= 15 is 0 Å². The first kappa shape index (κ1) is 21.3. The fraction of sp³-hybridized carbons (Fsp3) is 0.364. The van der Waals surface area contributed by atoms with Gasteiger partial charge in [0.25, 0.3) is 12.3 Å². The highest BCUT2D eigenvalue weighted by atomic mass is 19.3. The summed E-state index contributed by atoms with van der Waals surface area (Å²) in [4.78, 5) is 30.5. The Morgan fingerprint density at radius 3 is 2.82 bits per heavy atom. The van der Waals surface area contributed by atoms with Gasteiger partial charge >= 0.3 is 0 Å². The van der Waals surface area contributed by atoms with Gasteiger partial charge in [0.05, 0.1) is 12.0 Å². The first-order chi connectivity index (χ1) is 15.6. The Kier molecular flexibility index (Phi) is 4.82. The third-order valence-electron chi connectivity index (χ3n) is 5.56. The van der Waals surface area contributed by atoms with Crippen LogP contribution in [-0.2, 0) is 12.0 Å². The maximum Gasteiger partial charge on any atom is 0.292 e. The number of hydrogen-bond acceptors (Lipinski definition) is 7. The van der Waals surface area contributed by atoms with E-state index in [1.165, 1.54) is 25.1 Å².